The minimum atomic E-state index is -0.688. The summed E-state index contributed by atoms with van der Waals surface area (Å²) in [5, 5.41) is 6.14. The summed E-state index contributed by atoms with van der Waals surface area (Å²) in [7, 11) is 2.04. The standard InChI is InChI=1S/C56H71N11O5/c1-34(2)66-33-58-46-30-45(60-51(50(46)66)59-39-11-12-39)36-9-16-44-47(27-36)67(42-28-41(29-42)63-22-5-4-6-23-63)55(72)56(44)20-25-64(26-21-56)54(71)38-19-24-65(32-38)53(70)35-7-13-40(14-8-35)62(3)48-17-10-37(31-57-48)43-15-18-49(68)61-52(43)69/h9-10,16-17,27,30-31,33-35,38-43H,4-8,11-15,18-26,28-29,32H2,1-3H3,(H,59,60)(H,61,68,69)/t35?,38-,40?,41?,42?,43?/m1/s1. The number of amides is 5. The van der Waals surface area contributed by atoms with E-state index in [0.717, 1.165) is 115 Å². The van der Waals surface area contributed by atoms with Crippen LogP contribution in [-0.4, -0.2) is 134 Å². The second-order valence-electron chi connectivity index (χ2n) is 22.9. The fraction of sp³-hybridized carbons (Fsp3) is 0.607. The molecule has 1 aromatic carbocycles. The van der Waals surface area contributed by atoms with Crippen molar-refractivity contribution < 1.29 is 24.0 Å². The fourth-order valence-corrected chi connectivity index (χ4v) is 13.6. The number of carbonyl (C=O) groups is 5. The molecule has 1 spiro atoms. The van der Waals surface area contributed by atoms with Crippen LogP contribution in [0.2, 0.25) is 0 Å². The van der Waals surface area contributed by atoms with Crippen molar-refractivity contribution in [2.24, 2.45) is 11.8 Å². The first-order chi connectivity index (χ1) is 34.9. The lowest BCUT2D eigenvalue weighted by atomic mass is 9.73. The first-order valence-corrected chi connectivity index (χ1v) is 27.4. The molecule has 1 unspecified atom stereocenters. The molecule has 7 fully saturated rings. The van der Waals surface area contributed by atoms with Gasteiger partial charge in [-0.15, -0.1) is 0 Å². The van der Waals surface area contributed by atoms with Crippen molar-refractivity contribution in [2.75, 3.05) is 61.4 Å². The number of rotatable bonds is 11. The monoisotopic (exact) mass is 978 g/mol. The van der Waals surface area contributed by atoms with E-state index in [9.17, 15) is 19.2 Å². The molecule has 4 saturated heterocycles. The van der Waals surface area contributed by atoms with Crippen LogP contribution < -0.4 is 20.4 Å². The lowest BCUT2D eigenvalue weighted by molar-refractivity contribution is -0.140. The fourth-order valence-electron chi connectivity index (χ4n) is 13.6. The van der Waals surface area contributed by atoms with Crippen molar-refractivity contribution in [3.63, 3.8) is 0 Å². The Bertz CT molecular complexity index is 2760. The predicted octanol–water partition coefficient (Wildman–Crippen LogP) is 6.94. The zero-order valence-electron chi connectivity index (χ0n) is 42.4. The molecule has 3 aromatic heterocycles. The molecule has 5 amide bonds. The van der Waals surface area contributed by atoms with Gasteiger partial charge in [-0.3, -0.25) is 29.3 Å². The number of hydrogen-bond acceptors (Lipinski definition) is 11. The second kappa shape index (κ2) is 18.9. The van der Waals surface area contributed by atoms with Crippen LogP contribution in [0.4, 0.5) is 17.3 Å². The minimum absolute atomic E-state index is 0.0624. The molecule has 8 heterocycles. The number of imidazole rings is 1. The first kappa shape index (κ1) is 47.1. The van der Waals surface area contributed by atoms with E-state index in [1.807, 2.05) is 35.3 Å². The van der Waals surface area contributed by atoms with Crippen LogP contribution in [0.25, 0.3) is 22.3 Å². The number of hydrogen-bond donors (Lipinski definition) is 2. The Morgan fingerprint density at radius 3 is 2.28 bits per heavy atom. The summed E-state index contributed by atoms with van der Waals surface area (Å²) in [5.41, 5.74) is 6.00. The summed E-state index contributed by atoms with van der Waals surface area (Å²) in [6, 6.07) is 14.1. The molecule has 12 rings (SSSR count). The Morgan fingerprint density at radius 2 is 1.57 bits per heavy atom. The van der Waals surface area contributed by atoms with Crippen LogP contribution in [0.15, 0.2) is 48.9 Å². The quantitative estimate of drug-likeness (QED) is 0.150. The van der Waals surface area contributed by atoms with Gasteiger partial charge in [0.2, 0.25) is 29.5 Å². The van der Waals surface area contributed by atoms with Gasteiger partial charge < -0.3 is 34.4 Å². The number of carbonyl (C=O) groups excluding carboxylic acids is 5. The van der Waals surface area contributed by atoms with Crippen molar-refractivity contribution in [3.05, 3.63) is 60.0 Å². The summed E-state index contributed by atoms with van der Waals surface area (Å²) in [5.74, 6) is 1.01. The third-order valence-corrected chi connectivity index (χ3v) is 18.2. The molecule has 3 saturated carbocycles. The maximum atomic E-state index is 15.2. The average Bonchev–Trinajstić information content (AvgIpc) is 3.77. The number of pyridine rings is 2. The van der Waals surface area contributed by atoms with E-state index < -0.39 is 5.41 Å². The summed E-state index contributed by atoms with van der Waals surface area (Å²) >= 11 is 0. The first-order valence-electron chi connectivity index (χ1n) is 27.4. The number of fused-ring (bicyclic) bond motifs is 3. The minimum Gasteiger partial charge on any atom is -0.366 e. The lowest BCUT2D eigenvalue weighted by Gasteiger charge is -2.48. The Hall–Kier alpha value is -5.90. The highest BCUT2D eigenvalue weighted by Crippen LogP contribution is 2.52. The molecule has 0 radical (unpaired) electrons. The normalized spacial score (nSPS) is 27.6. The van der Waals surface area contributed by atoms with Crippen molar-refractivity contribution in [2.45, 2.75) is 158 Å². The number of imide groups is 1. The predicted molar refractivity (Wildman–Crippen MR) is 275 cm³/mol. The zero-order valence-corrected chi connectivity index (χ0v) is 42.4. The van der Waals surface area contributed by atoms with Crippen LogP contribution >= 0.6 is 0 Å². The number of likely N-dealkylation sites (tertiary alicyclic amines) is 3. The third kappa shape index (κ3) is 8.52. The smallest absolute Gasteiger partial charge is 0.238 e. The summed E-state index contributed by atoms with van der Waals surface area (Å²) in [6.45, 7) is 8.73. The van der Waals surface area contributed by atoms with Gasteiger partial charge in [-0.05, 0) is 146 Å². The molecule has 2 N–H and O–H groups in total. The van der Waals surface area contributed by atoms with Crippen LogP contribution in [0, 0.1) is 11.8 Å². The number of aromatic nitrogens is 4. The number of piperidine rings is 3. The van der Waals surface area contributed by atoms with Gasteiger partial charge >= 0.3 is 0 Å². The Labute approximate surface area is 422 Å². The molecule has 16 heteroatoms. The van der Waals surface area contributed by atoms with Crippen LogP contribution in [0.1, 0.15) is 140 Å². The highest BCUT2D eigenvalue weighted by atomic mass is 16.2. The largest absolute Gasteiger partial charge is 0.366 e. The Balaban J connectivity index is 0.700. The Kier molecular flexibility index (Phi) is 12.3. The van der Waals surface area contributed by atoms with Gasteiger partial charge in [0.25, 0.3) is 0 Å². The summed E-state index contributed by atoms with van der Waals surface area (Å²) < 4.78 is 2.20. The van der Waals surface area contributed by atoms with Gasteiger partial charge in [-0.25, -0.2) is 15.0 Å². The molecule has 3 aliphatic carbocycles. The van der Waals surface area contributed by atoms with Gasteiger partial charge in [0, 0.05) is 93.2 Å². The SMILES string of the molecule is CC(C)n1cnc2cc(-c3ccc4c(c3)N(C3CC(N5CCCCC5)C3)C(=O)C43CCN(C(=O)[C@@H]4CCN(C(=O)C5CCC(N(C)c6ccc(C7CCC(=O)NC7=O)cn6)CC5)C4)CC3)nc(NC3CC3)c21. The molecule has 0 bridgehead atoms. The van der Waals surface area contributed by atoms with Crippen molar-refractivity contribution in [3.8, 4) is 11.3 Å². The molecule has 4 aromatic rings. The van der Waals surface area contributed by atoms with E-state index in [4.69, 9.17) is 9.97 Å². The van der Waals surface area contributed by atoms with E-state index in [-0.39, 0.29) is 65.4 Å². The zero-order chi connectivity index (χ0) is 49.4. The van der Waals surface area contributed by atoms with E-state index in [1.54, 1.807) is 6.20 Å². The number of nitrogens with one attached hydrogen (secondary N) is 2. The van der Waals surface area contributed by atoms with E-state index >= 15 is 4.79 Å². The lowest BCUT2D eigenvalue weighted by Crippen LogP contribution is -2.58. The van der Waals surface area contributed by atoms with Crippen molar-refractivity contribution >= 4 is 57.9 Å². The summed E-state index contributed by atoms with van der Waals surface area (Å²) in [4.78, 5) is 93.3. The molecule has 380 valence electrons. The van der Waals surface area contributed by atoms with Crippen LogP contribution in [0.3, 0.4) is 0 Å². The van der Waals surface area contributed by atoms with Crippen LogP contribution in [-0.2, 0) is 29.4 Å². The van der Waals surface area contributed by atoms with E-state index in [1.165, 1.54) is 19.3 Å². The number of benzene rings is 1. The summed E-state index contributed by atoms with van der Waals surface area (Å²) in [6.07, 6.45) is 17.7. The topological polar surface area (TPSA) is 169 Å². The molecule has 16 nitrogen and oxygen atoms in total. The highest BCUT2D eigenvalue weighted by Gasteiger charge is 2.56. The van der Waals surface area contributed by atoms with Crippen LogP contribution in [0.5, 0.6) is 0 Å². The van der Waals surface area contributed by atoms with Crippen molar-refractivity contribution in [1.29, 1.82) is 0 Å². The third-order valence-electron chi connectivity index (χ3n) is 18.2. The molecule has 72 heavy (non-hydrogen) atoms. The Morgan fingerprint density at radius 1 is 0.806 bits per heavy atom. The average molecular weight is 978 g/mol. The second-order valence-corrected chi connectivity index (χ2v) is 22.9. The van der Waals surface area contributed by atoms with Crippen molar-refractivity contribution in [1.82, 2.24) is 39.5 Å². The molecular formula is C56H71N11O5. The highest BCUT2D eigenvalue weighted by molar-refractivity contribution is 6.09. The van der Waals surface area contributed by atoms with E-state index in [0.29, 0.717) is 70.4 Å². The number of nitrogens with zero attached hydrogens (tertiary/aromatic N) is 9. The maximum absolute atomic E-state index is 15.2. The molecular weight excluding hydrogens is 907 g/mol. The molecule has 2 atom stereocenters. The van der Waals surface area contributed by atoms with Gasteiger partial charge in [0.05, 0.1) is 34.8 Å². The van der Waals surface area contributed by atoms with E-state index in [2.05, 4.69) is 73.0 Å². The maximum Gasteiger partial charge on any atom is 0.238 e. The van der Waals surface area contributed by atoms with Gasteiger partial charge in [0.15, 0.2) is 5.82 Å². The molecule has 5 aliphatic heterocycles. The van der Waals surface area contributed by atoms with Gasteiger partial charge in [0.1, 0.15) is 11.3 Å². The van der Waals surface area contributed by atoms with Gasteiger partial charge in [-0.2, -0.15) is 0 Å². The van der Waals surface area contributed by atoms with Gasteiger partial charge in [-0.1, -0.05) is 24.6 Å². The number of anilines is 3. The molecule has 8 aliphatic rings.